The van der Waals surface area contributed by atoms with E-state index in [2.05, 4.69) is 4.98 Å². The molecule has 1 heterocycles. The van der Waals surface area contributed by atoms with Gasteiger partial charge >= 0.3 is 0 Å². The molecule has 0 spiro atoms. The molecule has 0 amide bonds. The molecule has 0 radical (unpaired) electrons. The molecular weight excluding hydrogens is 248 g/mol. The Bertz CT molecular complexity index is 570. The number of rotatable bonds is 4. The van der Waals surface area contributed by atoms with E-state index in [0.717, 1.165) is 0 Å². The standard InChI is InChI=1S/C12H16N4O3/c1-17-7-4-8(18-2)10(9(5-7)19-3)11-12(13)16(14)6-15-11/h4-6H,13-14H2,1-3H3. The molecule has 0 atom stereocenters. The van der Waals surface area contributed by atoms with E-state index in [0.29, 0.717) is 34.3 Å². The smallest absolute Gasteiger partial charge is 0.150 e. The van der Waals surface area contributed by atoms with Crippen LogP contribution < -0.4 is 25.8 Å². The molecule has 0 aliphatic rings. The molecule has 0 saturated heterocycles. The van der Waals surface area contributed by atoms with Gasteiger partial charge in [0.25, 0.3) is 0 Å². The lowest BCUT2D eigenvalue weighted by molar-refractivity contribution is 0.377. The topological polar surface area (TPSA) is 97.5 Å². The molecule has 7 heteroatoms. The summed E-state index contributed by atoms with van der Waals surface area (Å²) in [6.07, 6.45) is 1.42. The van der Waals surface area contributed by atoms with Crippen molar-refractivity contribution in [3.05, 3.63) is 18.5 Å². The number of ether oxygens (including phenoxy) is 3. The first-order valence-corrected chi connectivity index (χ1v) is 5.50. The van der Waals surface area contributed by atoms with Crippen molar-refractivity contribution in [2.75, 3.05) is 32.9 Å². The number of nitrogen functional groups attached to an aromatic ring is 2. The zero-order valence-corrected chi connectivity index (χ0v) is 11.0. The van der Waals surface area contributed by atoms with Gasteiger partial charge in [-0.2, -0.15) is 0 Å². The number of hydrogen-bond donors (Lipinski definition) is 2. The fraction of sp³-hybridized carbons (Fsp3) is 0.250. The molecule has 0 aliphatic carbocycles. The van der Waals surface area contributed by atoms with Crippen molar-refractivity contribution in [1.29, 1.82) is 0 Å². The lowest BCUT2D eigenvalue weighted by atomic mass is 10.1. The van der Waals surface area contributed by atoms with Crippen molar-refractivity contribution in [2.24, 2.45) is 0 Å². The van der Waals surface area contributed by atoms with Crippen LogP contribution in [0.1, 0.15) is 0 Å². The van der Waals surface area contributed by atoms with Crippen LogP contribution in [0.5, 0.6) is 17.2 Å². The van der Waals surface area contributed by atoms with Crippen molar-refractivity contribution in [3.8, 4) is 28.5 Å². The van der Waals surface area contributed by atoms with Gasteiger partial charge < -0.3 is 25.8 Å². The summed E-state index contributed by atoms with van der Waals surface area (Å²) in [4.78, 5) is 4.17. The van der Waals surface area contributed by atoms with Crippen LogP contribution in [0.25, 0.3) is 11.3 Å². The second-order valence-corrected chi connectivity index (χ2v) is 3.79. The second-order valence-electron chi connectivity index (χ2n) is 3.79. The predicted octanol–water partition coefficient (Wildman–Crippen LogP) is 0.872. The first-order valence-electron chi connectivity index (χ1n) is 5.50. The zero-order valence-electron chi connectivity index (χ0n) is 11.0. The minimum atomic E-state index is 0.321. The molecule has 2 rings (SSSR count). The highest BCUT2D eigenvalue weighted by Gasteiger charge is 2.20. The normalized spacial score (nSPS) is 10.3. The SMILES string of the molecule is COc1cc(OC)c(-c2ncn(N)c2N)c(OC)c1. The Kier molecular flexibility index (Phi) is 3.37. The Balaban J connectivity index is 2.70. The third-order valence-electron chi connectivity index (χ3n) is 2.78. The molecule has 4 N–H and O–H groups in total. The van der Waals surface area contributed by atoms with E-state index in [9.17, 15) is 0 Å². The van der Waals surface area contributed by atoms with E-state index in [1.54, 1.807) is 33.5 Å². The van der Waals surface area contributed by atoms with Crippen LogP contribution in [0.4, 0.5) is 5.82 Å². The molecule has 0 saturated carbocycles. The number of benzene rings is 1. The van der Waals surface area contributed by atoms with Gasteiger partial charge in [0.05, 0.1) is 26.9 Å². The molecular formula is C12H16N4O3. The Labute approximate surface area is 110 Å². The van der Waals surface area contributed by atoms with Gasteiger partial charge in [-0.05, 0) is 0 Å². The maximum atomic E-state index is 5.89. The third-order valence-corrected chi connectivity index (χ3v) is 2.78. The number of imidazole rings is 1. The summed E-state index contributed by atoms with van der Waals surface area (Å²) < 4.78 is 17.1. The lowest BCUT2D eigenvalue weighted by Crippen LogP contribution is -2.10. The number of methoxy groups -OCH3 is 3. The molecule has 0 fully saturated rings. The monoisotopic (exact) mass is 264 g/mol. The molecule has 102 valence electrons. The molecule has 0 aliphatic heterocycles. The van der Waals surface area contributed by atoms with Crippen molar-refractivity contribution in [3.63, 3.8) is 0 Å². The van der Waals surface area contributed by atoms with Crippen molar-refractivity contribution < 1.29 is 14.2 Å². The number of nitrogens with two attached hydrogens (primary N) is 2. The van der Waals surface area contributed by atoms with Gasteiger partial charge in [0.2, 0.25) is 0 Å². The zero-order chi connectivity index (χ0) is 14.0. The molecule has 0 unspecified atom stereocenters. The Morgan fingerprint density at radius 1 is 1.05 bits per heavy atom. The Morgan fingerprint density at radius 3 is 2.00 bits per heavy atom. The number of nitrogens with zero attached hydrogens (tertiary/aromatic N) is 2. The first kappa shape index (κ1) is 12.9. The van der Waals surface area contributed by atoms with Crippen molar-refractivity contribution in [2.45, 2.75) is 0 Å². The van der Waals surface area contributed by atoms with Crippen LogP contribution in [0.15, 0.2) is 18.5 Å². The number of anilines is 1. The van der Waals surface area contributed by atoms with E-state index in [-0.39, 0.29) is 0 Å². The highest BCUT2D eigenvalue weighted by atomic mass is 16.5. The maximum Gasteiger partial charge on any atom is 0.150 e. The van der Waals surface area contributed by atoms with Crippen LogP contribution in [0.3, 0.4) is 0 Å². The summed E-state index contributed by atoms with van der Waals surface area (Å²) >= 11 is 0. The van der Waals surface area contributed by atoms with E-state index in [1.807, 2.05) is 0 Å². The summed E-state index contributed by atoms with van der Waals surface area (Å²) in [6, 6.07) is 3.46. The summed E-state index contributed by atoms with van der Waals surface area (Å²) in [6.45, 7) is 0. The Hall–Kier alpha value is -2.57. The highest BCUT2D eigenvalue weighted by Crippen LogP contribution is 2.42. The van der Waals surface area contributed by atoms with Crippen LogP contribution in [-0.2, 0) is 0 Å². The average Bonchev–Trinajstić information content (AvgIpc) is 2.77. The van der Waals surface area contributed by atoms with Crippen LogP contribution in [0.2, 0.25) is 0 Å². The largest absolute Gasteiger partial charge is 0.496 e. The van der Waals surface area contributed by atoms with Gasteiger partial charge in [0.1, 0.15) is 29.3 Å². The average molecular weight is 264 g/mol. The lowest BCUT2D eigenvalue weighted by Gasteiger charge is -2.14. The minimum absolute atomic E-state index is 0.321. The van der Waals surface area contributed by atoms with Gasteiger partial charge in [-0.3, -0.25) is 0 Å². The molecule has 1 aromatic carbocycles. The third kappa shape index (κ3) is 2.10. The number of hydrogen-bond acceptors (Lipinski definition) is 6. The van der Waals surface area contributed by atoms with Gasteiger partial charge in [-0.15, -0.1) is 0 Å². The van der Waals surface area contributed by atoms with Crippen molar-refractivity contribution >= 4 is 5.82 Å². The van der Waals surface area contributed by atoms with Gasteiger partial charge in [-0.1, -0.05) is 0 Å². The predicted molar refractivity (Wildman–Crippen MR) is 71.9 cm³/mol. The van der Waals surface area contributed by atoms with Crippen molar-refractivity contribution in [1.82, 2.24) is 9.66 Å². The quantitative estimate of drug-likeness (QED) is 0.795. The fourth-order valence-electron chi connectivity index (χ4n) is 1.80. The molecule has 2 aromatic rings. The summed E-state index contributed by atoms with van der Waals surface area (Å²) in [7, 11) is 4.66. The first-order chi connectivity index (χ1) is 9.12. The summed E-state index contributed by atoms with van der Waals surface area (Å²) in [5, 5.41) is 0. The van der Waals surface area contributed by atoms with Crippen LogP contribution in [0, 0.1) is 0 Å². The molecule has 7 nitrogen and oxygen atoms in total. The Morgan fingerprint density at radius 2 is 1.63 bits per heavy atom. The van der Waals surface area contributed by atoms with Crippen LogP contribution in [-0.4, -0.2) is 31.0 Å². The van der Waals surface area contributed by atoms with E-state index in [4.69, 9.17) is 25.8 Å². The van der Waals surface area contributed by atoms with E-state index < -0.39 is 0 Å². The van der Waals surface area contributed by atoms with Gasteiger partial charge in [0.15, 0.2) is 5.82 Å². The molecule has 1 aromatic heterocycles. The van der Waals surface area contributed by atoms with Crippen LogP contribution >= 0.6 is 0 Å². The number of aromatic nitrogens is 2. The summed E-state index contributed by atoms with van der Waals surface area (Å²) in [5.74, 6) is 7.66. The molecule has 19 heavy (non-hydrogen) atoms. The molecule has 0 bridgehead atoms. The minimum Gasteiger partial charge on any atom is -0.496 e. The maximum absolute atomic E-state index is 5.89. The summed E-state index contributed by atoms with van der Waals surface area (Å²) in [5.41, 5.74) is 7.02. The van der Waals surface area contributed by atoms with E-state index in [1.165, 1.54) is 11.0 Å². The van der Waals surface area contributed by atoms with Gasteiger partial charge in [0, 0.05) is 12.1 Å². The second kappa shape index (κ2) is 4.97. The van der Waals surface area contributed by atoms with E-state index >= 15 is 0 Å². The fourth-order valence-corrected chi connectivity index (χ4v) is 1.80. The highest BCUT2D eigenvalue weighted by molar-refractivity contribution is 5.81. The van der Waals surface area contributed by atoms with Gasteiger partial charge in [-0.25, -0.2) is 9.66 Å².